The summed E-state index contributed by atoms with van der Waals surface area (Å²) in [5.41, 5.74) is 1.04. The Morgan fingerprint density at radius 3 is 2.58 bits per heavy atom. The fourth-order valence-electron chi connectivity index (χ4n) is 6.08. The molecular weight excluding hydrogens is 418 g/mol. The zero-order valence-corrected chi connectivity index (χ0v) is 20.1. The molecule has 0 unspecified atom stereocenters. The number of carbonyl (C=O) groups excluding carboxylic acids is 2. The van der Waals surface area contributed by atoms with Crippen molar-refractivity contribution in [2.24, 2.45) is 29.1 Å². The van der Waals surface area contributed by atoms with Gasteiger partial charge in [0.05, 0.1) is 24.3 Å². The first kappa shape index (κ1) is 25.2. The summed E-state index contributed by atoms with van der Waals surface area (Å²) in [6.07, 6.45) is 2.98. The normalized spacial score (nSPS) is 32.2. The lowest BCUT2D eigenvalue weighted by molar-refractivity contribution is -0.142. The average Bonchev–Trinajstić information content (AvgIpc) is 2.80. The highest BCUT2D eigenvalue weighted by Gasteiger charge is 2.53. The third-order valence-corrected chi connectivity index (χ3v) is 8.14. The minimum Gasteiger partial charge on any atom is -0.392 e. The Bertz CT molecular complexity index is 881. The summed E-state index contributed by atoms with van der Waals surface area (Å²) in [6.45, 7) is 7.18. The van der Waals surface area contributed by atoms with E-state index in [1.807, 2.05) is 6.92 Å². The van der Waals surface area contributed by atoms with E-state index in [1.54, 1.807) is 31.4 Å². The number of methoxy groups -OCH3 is 1. The van der Waals surface area contributed by atoms with Crippen LogP contribution < -0.4 is 10.6 Å². The van der Waals surface area contributed by atoms with Crippen LogP contribution in [0.5, 0.6) is 0 Å². The Morgan fingerprint density at radius 1 is 1.27 bits per heavy atom. The second-order valence-electron chi connectivity index (χ2n) is 10.1. The Balaban J connectivity index is 1.69. The number of benzene rings is 1. The third-order valence-electron chi connectivity index (χ3n) is 8.14. The molecule has 0 spiro atoms. The van der Waals surface area contributed by atoms with E-state index in [1.165, 1.54) is 0 Å². The minimum absolute atomic E-state index is 0.00273. The Hall–Kier alpha value is -2.43. The molecule has 0 aromatic heterocycles. The lowest BCUT2D eigenvalue weighted by Gasteiger charge is -2.56. The second-order valence-corrected chi connectivity index (χ2v) is 10.1. The molecule has 2 aliphatic rings. The molecule has 180 valence electrons. The van der Waals surface area contributed by atoms with Crippen LogP contribution >= 0.6 is 0 Å². The van der Waals surface area contributed by atoms with Gasteiger partial charge in [0.25, 0.3) is 5.91 Å². The van der Waals surface area contributed by atoms with Crippen LogP contribution in [0.3, 0.4) is 0 Å². The van der Waals surface area contributed by atoms with Crippen LogP contribution in [0.25, 0.3) is 0 Å². The summed E-state index contributed by atoms with van der Waals surface area (Å²) in [7, 11) is 1.60. The molecule has 33 heavy (non-hydrogen) atoms. The van der Waals surface area contributed by atoms with Gasteiger partial charge in [-0.05, 0) is 73.1 Å². The topological polar surface area (TPSA) is 111 Å². The van der Waals surface area contributed by atoms with Crippen LogP contribution in [0, 0.1) is 40.4 Å². The van der Waals surface area contributed by atoms with Crippen molar-refractivity contribution in [3.8, 4) is 6.07 Å². The fourth-order valence-corrected chi connectivity index (χ4v) is 6.08. The van der Waals surface area contributed by atoms with Crippen LogP contribution in [0.4, 0.5) is 0 Å². The number of hydrogen-bond donors (Lipinski definition) is 3. The second kappa shape index (κ2) is 10.7. The van der Waals surface area contributed by atoms with Crippen LogP contribution in [0.15, 0.2) is 24.3 Å². The highest BCUT2D eigenvalue weighted by Crippen LogP contribution is 2.55. The number of ether oxygens (including phenoxy) is 1. The number of nitrogens with one attached hydrogen (secondary N) is 2. The molecule has 0 radical (unpaired) electrons. The highest BCUT2D eigenvalue weighted by molar-refractivity contribution is 5.94. The summed E-state index contributed by atoms with van der Waals surface area (Å²) in [4.78, 5) is 25.5. The number of rotatable bonds is 7. The number of hydrogen-bond acceptors (Lipinski definition) is 5. The van der Waals surface area contributed by atoms with E-state index in [9.17, 15) is 14.7 Å². The van der Waals surface area contributed by atoms with Crippen molar-refractivity contribution in [3.63, 3.8) is 0 Å². The molecule has 3 rings (SSSR count). The van der Waals surface area contributed by atoms with Gasteiger partial charge in [-0.15, -0.1) is 0 Å². The van der Waals surface area contributed by atoms with Crippen LogP contribution in [0.1, 0.15) is 62.4 Å². The van der Waals surface area contributed by atoms with E-state index < -0.39 is 6.10 Å². The van der Waals surface area contributed by atoms with Gasteiger partial charge in [-0.1, -0.05) is 20.8 Å². The van der Waals surface area contributed by atoms with Crippen LogP contribution in [-0.2, 0) is 9.53 Å². The van der Waals surface area contributed by atoms with Crippen LogP contribution in [-0.4, -0.2) is 49.3 Å². The van der Waals surface area contributed by atoms with Crippen molar-refractivity contribution in [2.45, 2.75) is 58.6 Å². The van der Waals surface area contributed by atoms with E-state index in [0.717, 1.165) is 25.7 Å². The van der Waals surface area contributed by atoms with Crippen molar-refractivity contribution in [3.05, 3.63) is 35.4 Å². The molecule has 1 aromatic rings. The van der Waals surface area contributed by atoms with Gasteiger partial charge < -0.3 is 20.5 Å². The number of nitrogens with zero attached hydrogens (tertiary/aromatic N) is 1. The van der Waals surface area contributed by atoms with Crippen molar-refractivity contribution in [2.75, 3.05) is 20.3 Å². The van der Waals surface area contributed by atoms with Crippen molar-refractivity contribution in [1.29, 1.82) is 5.26 Å². The first-order valence-corrected chi connectivity index (χ1v) is 12.0. The molecule has 0 aliphatic heterocycles. The molecule has 1 aromatic carbocycles. The molecule has 3 N–H and O–H groups in total. The smallest absolute Gasteiger partial charge is 0.251 e. The van der Waals surface area contributed by atoms with Gasteiger partial charge in [-0.25, -0.2) is 0 Å². The number of aliphatic hydroxyl groups is 1. The lowest BCUT2D eigenvalue weighted by Crippen LogP contribution is -2.58. The number of fused-ring (bicyclic) bond motifs is 1. The molecule has 2 saturated carbocycles. The van der Waals surface area contributed by atoms with Crippen molar-refractivity contribution in [1.82, 2.24) is 10.6 Å². The predicted octanol–water partition coefficient (Wildman–Crippen LogP) is 2.88. The maximum Gasteiger partial charge on any atom is 0.251 e. The van der Waals surface area contributed by atoms with Crippen molar-refractivity contribution >= 4 is 11.8 Å². The number of nitriles is 1. The molecule has 7 nitrogen and oxygen atoms in total. The molecule has 7 atom stereocenters. The first-order valence-electron chi connectivity index (χ1n) is 12.0. The summed E-state index contributed by atoms with van der Waals surface area (Å²) >= 11 is 0. The summed E-state index contributed by atoms with van der Waals surface area (Å²) < 4.78 is 5.01. The molecule has 0 saturated heterocycles. The largest absolute Gasteiger partial charge is 0.392 e. The maximum absolute atomic E-state index is 12.8. The minimum atomic E-state index is -0.600. The Labute approximate surface area is 196 Å². The molecular formula is C26H37N3O4. The van der Waals surface area contributed by atoms with Gasteiger partial charge in [0.15, 0.2) is 0 Å². The van der Waals surface area contributed by atoms with Gasteiger partial charge in [0, 0.05) is 31.2 Å². The maximum atomic E-state index is 12.8. The van der Waals surface area contributed by atoms with E-state index in [2.05, 4.69) is 30.6 Å². The van der Waals surface area contributed by atoms with Gasteiger partial charge >= 0.3 is 0 Å². The monoisotopic (exact) mass is 455 g/mol. The van der Waals surface area contributed by atoms with Gasteiger partial charge in [0.2, 0.25) is 5.91 Å². The zero-order valence-electron chi connectivity index (χ0n) is 20.1. The van der Waals surface area contributed by atoms with Crippen LogP contribution in [0.2, 0.25) is 0 Å². The molecule has 2 aliphatic carbocycles. The molecule has 7 heteroatoms. The number of aliphatic hydroxyl groups excluding tert-OH is 1. The van der Waals surface area contributed by atoms with E-state index in [-0.39, 0.29) is 46.9 Å². The summed E-state index contributed by atoms with van der Waals surface area (Å²) in [5.74, 6) is -0.525. The van der Waals surface area contributed by atoms with Crippen molar-refractivity contribution < 1.29 is 19.4 Å². The quantitative estimate of drug-likeness (QED) is 0.548. The van der Waals surface area contributed by atoms with E-state index in [4.69, 9.17) is 10.00 Å². The van der Waals surface area contributed by atoms with E-state index in [0.29, 0.717) is 24.3 Å². The number of amides is 2. The molecule has 0 bridgehead atoms. The SMILES string of the molecule is COCCNC(=O)[C@@H](C)[C@@H]1CC[C@@]2(C)CC[C@H](NC(=O)c3ccc(C#N)cc3)[C@@H](C)[C@@H]2[C@H]1O. The highest BCUT2D eigenvalue weighted by atomic mass is 16.5. The lowest BCUT2D eigenvalue weighted by atomic mass is 9.51. The van der Waals surface area contributed by atoms with Gasteiger partial charge in [-0.3, -0.25) is 9.59 Å². The average molecular weight is 456 g/mol. The number of carbonyl (C=O) groups is 2. The van der Waals surface area contributed by atoms with E-state index >= 15 is 0 Å². The molecule has 2 fully saturated rings. The summed E-state index contributed by atoms with van der Waals surface area (Å²) in [6, 6.07) is 8.63. The molecule has 2 amide bonds. The Kier molecular flexibility index (Phi) is 8.14. The van der Waals surface area contributed by atoms with Gasteiger partial charge in [0.1, 0.15) is 0 Å². The predicted molar refractivity (Wildman–Crippen MR) is 125 cm³/mol. The third kappa shape index (κ3) is 5.39. The molecule has 0 heterocycles. The Morgan fingerprint density at radius 2 is 1.94 bits per heavy atom. The standard InChI is InChI=1S/C26H37N3O4/c1-16(24(31)28-13-14-33-4)20-9-11-26(3)12-10-21(17(2)22(26)23(20)30)29-25(32)19-7-5-18(15-27)6-8-19/h5-8,16-17,20-23,30H,9-14H2,1-4H3,(H,28,31)(H,29,32)/t16-,17+,20-,21-,22+,23-,26-/m0/s1. The summed E-state index contributed by atoms with van der Waals surface area (Å²) in [5, 5.41) is 26.5. The van der Waals surface area contributed by atoms with Gasteiger partial charge in [-0.2, -0.15) is 5.26 Å². The fraction of sp³-hybridized carbons (Fsp3) is 0.654. The first-order chi connectivity index (χ1) is 15.7. The zero-order chi connectivity index (χ0) is 24.2.